The first-order valence-electron chi connectivity index (χ1n) is 9.31. The number of nitrogens with one attached hydrogen (secondary N) is 1. The second-order valence-electron chi connectivity index (χ2n) is 6.83. The van der Waals surface area contributed by atoms with Crippen molar-refractivity contribution in [3.63, 3.8) is 0 Å². The first-order chi connectivity index (χ1) is 14.5. The molecular weight excluding hydrogens is 412 g/mol. The highest BCUT2D eigenvalue weighted by Crippen LogP contribution is 2.36. The summed E-state index contributed by atoms with van der Waals surface area (Å²) in [5.74, 6) is -0.193. The Morgan fingerprint density at radius 3 is 2.33 bits per heavy atom. The molecule has 2 heterocycles. The molecule has 0 saturated carbocycles. The quantitative estimate of drug-likeness (QED) is 0.389. The Morgan fingerprint density at radius 2 is 1.67 bits per heavy atom. The average molecular weight is 433 g/mol. The highest BCUT2D eigenvalue weighted by Gasteiger charge is 2.14. The Morgan fingerprint density at radius 1 is 1.00 bits per heavy atom. The van der Waals surface area contributed by atoms with E-state index in [0.717, 1.165) is 33.0 Å². The highest BCUT2D eigenvalue weighted by atomic mass is 32.2. The van der Waals surface area contributed by atoms with E-state index in [-0.39, 0.29) is 5.91 Å². The number of rotatable bonds is 5. The van der Waals surface area contributed by atoms with E-state index < -0.39 is 0 Å². The van der Waals surface area contributed by atoms with E-state index in [1.165, 1.54) is 16.2 Å². The monoisotopic (exact) mass is 432 g/mol. The van der Waals surface area contributed by atoms with Crippen molar-refractivity contribution in [3.8, 4) is 11.3 Å². The predicted molar refractivity (Wildman–Crippen MR) is 124 cm³/mol. The molecule has 1 amide bonds. The maximum Gasteiger partial charge on any atom is 0.257 e. The zero-order valence-electron chi connectivity index (χ0n) is 16.5. The van der Waals surface area contributed by atoms with Gasteiger partial charge >= 0.3 is 0 Å². The van der Waals surface area contributed by atoms with Gasteiger partial charge < -0.3 is 5.73 Å². The van der Waals surface area contributed by atoms with Gasteiger partial charge in [0.2, 0.25) is 0 Å². The van der Waals surface area contributed by atoms with Gasteiger partial charge in [0.05, 0.1) is 5.69 Å². The summed E-state index contributed by atoms with van der Waals surface area (Å²) in [4.78, 5) is 23.2. The molecule has 30 heavy (non-hydrogen) atoms. The molecule has 0 unspecified atom stereocenters. The Bertz CT molecular complexity index is 1160. The van der Waals surface area contributed by atoms with Crippen LogP contribution in [0.1, 0.15) is 21.5 Å². The Labute approximate surface area is 183 Å². The minimum atomic E-state index is -0.193. The second-order valence-corrected chi connectivity index (χ2v) is 8.84. The van der Waals surface area contributed by atoms with Gasteiger partial charge in [0.1, 0.15) is 0 Å². The number of carbonyl (C=O) groups is 1. The van der Waals surface area contributed by atoms with E-state index in [2.05, 4.69) is 41.3 Å². The van der Waals surface area contributed by atoms with Crippen LogP contribution in [0.2, 0.25) is 0 Å². The van der Waals surface area contributed by atoms with Crippen LogP contribution in [0.5, 0.6) is 0 Å². The molecule has 3 N–H and O–H groups in total. The van der Waals surface area contributed by atoms with Gasteiger partial charge in [0.25, 0.3) is 5.91 Å². The smallest absolute Gasteiger partial charge is 0.257 e. The molecule has 4 aromatic rings. The maximum absolute atomic E-state index is 12.4. The molecule has 4 rings (SSSR count). The van der Waals surface area contributed by atoms with Gasteiger partial charge in [-0.1, -0.05) is 11.8 Å². The molecule has 0 atom stereocenters. The Balaban J connectivity index is 1.54. The van der Waals surface area contributed by atoms with Crippen molar-refractivity contribution in [1.29, 1.82) is 0 Å². The summed E-state index contributed by atoms with van der Waals surface area (Å²) in [6.45, 7) is 4.17. The van der Waals surface area contributed by atoms with Crippen LogP contribution in [0.25, 0.3) is 11.3 Å². The van der Waals surface area contributed by atoms with E-state index in [4.69, 9.17) is 5.73 Å². The number of pyridine rings is 1. The number of aryl methyl sites for hydroxylation is 2. The van der Waals surface area contributed by atoms with Crippen molar-refractivity contribution in [1.82, 2.24) is 9.97 Å². The van der Waals surface area contributed by atoms with Crippen LogP contribution in [0, 0.1) is 13.8 Å². The van der Waals surface area contributed by atoms with Crippen molar-refractivity contribution in [2.45, 2.75) is 23.6 Å². The van der Waals surface area contributed by atoms with Crippen LogP contribution < -0.4 is 11.1 Å². The van der Waals surface area contributed by atoms with Crippen molar-refractivity contribution in [3.05, 3.63) is 83.0 Å². The third kappa shape index (κ3) is 4.53. The van der Waals surface area contributed by atoms with Crippen molar-refractivity contribution >= 4 is 39.8 Å². The molecule has 150 valence electrons. The summed E-state index contributed by atoms with van der Waals surface area (Å²) in [6.07, 6.45) is 3.19. The summed E-state index contributed by atoms with van der Waals surface area (Å²) < 4.78 is 0. The van der Waals surface area contributed by atoms with Gasteiger partial charge in [-0.25, -0.2) is 4.98 Å². The molecular formula is C23H20N4OS2. The van der Waals surface area contributed by atoms with Gasteiger partial charge in [-0.05, 0) is 73.5 Å². The van der Waals surface area contributed by atoms with Crippen LogP contribution in [0.15, 0.2) is 76.1 Å². The number of anilines is 2. The van der Waals surface area contributed by atoms with Gasteiger partial charge in [-0.15, -0.1) is 11.3 Å². The number of nitrogen functional groups attached to an aromatic ring is 1. The molecule has 0 spiro atoms. The predicted octanol–water partition coefficient (Wildman–Crippen LogP) is 5.81. The van der Waals surface area contributed by atoms with Gasteiger partial charge in [-0.3, -0.25) is 15.1 Å². The van der Waals surface area contributed by atoms with Crippen LogP contribution in [0.4, 0.5) is 10.8 Å². The molecule has 7 heteroatoms. The molecule has 2 aromatic heterocycles. The molecule has 0 saturated heterocycles. The molecule has 0 aliphatic heterocycles. The average Bonchev–Trinajstić information content (AvgIpc) is 3.18. The minimum Gasteiger partial charge on any atom is -0.399 e. The molecule has 0 fully saturated rings. The largest absolute Gasteiger partial charge is 0.399 e. The number of amides is 1. The number of benzene rings is 2. The van der Waals surface area contributed by atoms with Crippen LogP contribution in [-0.2, 0) is 0 Å². The third-order valence-corrected chi connectivity index (χ3v) is 6.28. The lowest BCUT2D eigenvalue weighted by molar-refractivity contribution is 0.102. The lowest BCUT2D eigenvalue weighted by Gasteiger charge is -2.11. The maximum atomic E-state index is 12.4. The lowest BCUT2D eigenvalue weighted by atomic mass is 10.0. The number of hydrogen-bond acceptors (Lipinski definition) is 6. The molecule has 5 nitrogen and oxygen atoms in total. The zero-order chi connectivity index (χ0) is 21.1. The molecule has 2 aromatic carbocycles. The van der Waals surface area contributed by atoms with E-state index in [0.29, 0.717) is 10.7 Å². The SMILES string of the molecule is Cc1cc(Sc2ccc(N)cc2)cc(C)c1-c1csc(NC(=O)c2ccncc2)n1. The molecule has 0 bridgehead atoms. The second kappa shape index (κ2) is 8.69. The Kier molecular flexibility index (Phi) is 5.83. The summed E-state index contributed by atoms with van der Waals surface area (Å²) in [5, 5.41) is 5.41. The molecule has 0 aliphatic carbocycles. The van der Waals surface area contributed by atoms with Gasteiger partial charge in [0.15, 0.2) is 5.13 Å². The fourth-order valence-corrected chi connectivity index (χ4v) is 4.89. The topological polar surface area (TPSA) is 80.9 Å². The van der Waals surface area contributed by atoms with Crippen molar-refractivity contribution in [2.24, 2.45) is 0 Å². The van der Waals surface area contributed by atoms with E-state index in [1.807, 2.05) is 29.6 Å². The lowest BCUT2D eigenvalue weighted by Crippen LogP contribution is -2.11. The highest BCUT2D eigenvalue weighted by molar-refractivity contribution is 7.99. The number of aromatic nitrogens is 2. The number of hydrogen-bond donors (Lipinski definition) is 2. The van der Waals surface area contributed by atoms with Crippen molar-refractivity contribution < 1.29 is 4.79 Å². The summed E-state index contributed by atoms with van der Waals surface area (Å²) in [7, 11) is 0. The molecule has 0 aliphatic rings. The number of nitrogens with two attached hydrogens (primary N) is 1. The normalized spacial score (nSPS) is 10.7. The van der Waals surface area contributed by atoms with Gasteiger partial charge in [0, 0.05) is 44.4 Å². The van der Waals surface area contributed by atoms with E-state index in [1.54, 1.807) is 36.3 Å². The minimum absolute atomic E-state index is 0.193. The first kappa shape index (κ1) is 20.1. The Hall–Kier alpha value is -3.16. The zero-order valence-corrected chi connectivity index (χ0v) is 18.2. The fraction of sp³-hybridized carbons (Fsp3) is 0.0870. The summed E-state index contributed by atoms with van der Waals surface area (Å²) in [6, 6.07) is 15.6. The summed E-state index contributed by atoms with van der Waals surface area (Å²) in [5.41, 5.74) is 11.3. The third-order valence-electron chi connectivity index (χ3n) is 4.55. The number of carbonyl (C=O) groups excluding carboxylic acids is 1. The van der Waals surface area contributed by atoms with E-state index >= 15 is 0 Å². The number of nitrogens with zero attached hydrogens (tertiary/aromatic N) is 2. The first-order valence-corrected chi connectivity index (χ1v) is 11.0. The van der Waals surface area contributed by atoms with Crippen LogP contribution in [-0.4, -0.2) is 15.9 Å². The standard InChI is InChI=1S/C23H20N4OS2/c1-14-11-19(30-18-5-3-17(24)4-6-18)12-15(2)21(14)20-13-29-23(26-20)27-22(28)16-7-9-25-10-8-16/h3-13H,24H2,1-2H3,(H,26,27,28). The van der Waals surface area contributed by atoms with Crippen LogP contribution >= 0.6 is 23.1 Å². The van der Waals surface area contributed by atoms with Gasteiger partial charge in [-0.2, -0.15) is 0 Å². The molecule has 0 radical (unpaired) electrons. The van der Waals surface area contributed by atoms with Crippen molar-refractivity contribution in [2.75, 3.05) is 11.1 Å². The fourth-order valence-electron chi connectivity index (χ4n) is 3.18. The number of thiazole rings is 1. The van der Waals surface area contributed by atoms with Crippen LogP contribution in [0.3, 0.4) is 0 Å². The summed E-state index contributed by atoms with van der Waals surface area (Å²) >= 11 is 3.12. The van der Waals surface area contributed by atoms with E-state index in [9.17, 15) is 4.79 Å².